The predicted molar refractivity (Wildman–Crippen MR) is 89.8 cm³/mol. The van der Waals surface area contributed by atoms with Crippen molar-refractivity contribution in [3.05, 3.63) is 70.8 Å². The summed E-state index contributed by atoms with van der Waals surface area (Å²) in [6.45, 7) is 6.63. The van der Waals surface area contributed by atoms with Crippen molar-refractivity contribution in [1.29, 1.82) is 0 Å². The third-order valence-corrected chi connectivity index (χ3v) is 4.73. The fraction of sp³-hybridized carbons (Fsp3) is 0.400. The maximum Gasteiger partial charge on any atom is 0.0119 e. The minimum Gasteiger partial charge on any atom is -0.317 e. The van der Waals surface area contributed by atoms with Crippen molar-refractivity contribution < 1.29 is 0 Å². The number of hydrogen-bond donors (Lipinski definition) is 1. The summed E-state index contributed by atoms with van der Waals surface area (Å²) in [6.07, 6.45) is 2.54. The first-order chi connectivity index (χ1) is 10.2. The summed E-state index contributed by atoms with van der Waals surface area (Å²) in [5.74, 6) is 1.28. The van der Waals surface area contributed by atoms with Crippen LogP contribution in [-0.2, 0) is 0 Å². The number of rotatable bonds is 3. The van der Waals surface area contributed by atoms with E-state index in [2.05, 4.69) is 67.7 Å². The second-order valence-electron chi connectivity index (χ2n) is 6.39. The lowest BCUT2D eigenvalue weighted by Gasteiger charge is -2.31. The van der Waals surface area contributed by atoms with Crippen LogP contribution >= 0.6 is 0 Å². The first-order valence-electron chi connectivity index (χ1n) is 8.08. The van der Waals surface area contributed by atoms with Gasteiger partial charge in [-0.3, -0.25) is 0 Å². The van der Waals surface area contributed by atoms with Crippen LogP contribution in [0.1, 0.15) is 41.0 Å². The molecule has 0 aliphatic carbocycles. The highest BCUT2D eigenvalue weighted by Gasteiger charge is 2.26. The van der Waals surface area contributed by atoms with Gasteiger partial charge in [0, 0.05) is 5.92 Å². The molecule has 0 aromatic heterocycles. The lowest BCUT2D eigenvalue weighted by atomic mass is 9.76. The van der Waals surface area contributed by atoms with E-state index < -0.39 is 0 Å². The molecule has 2 aromatic rings. The average molecular weight is 279 g/mol. The quantitative estimate of drug-likeness (QED) is 0.876. The smallest absolute Gasteiger partial charge is 0.0119 e. The van der Waals surface area contributed by atoms with E-state index in [1.165, 1.54) is 35.1 Å². The maximum absolute atomic E-state index is 3.49. The number of hydrogen-bond acceptors (Lipinski definition) is 1. The van der Waals surface area contributed by atoms with Crippen LogP contribution < -0.4 is 5.32 Å². The molecule has 1 aliphatic heterocycles. The van der Waals surface area contributed by atoms with Gasteiger partial charge in [0.2, 0.25) is 0 Å². The van der Waals surface area contributed by atoms with Crippen LogP contribution in [0.15, 0.2) is 48.5 Å². The molecule has 1 nitrogen and oxygen atoms in total. The van der Waals surface area contributed by atoms with Crippen LogP contribution in [0.4, 0.5) is 0 Å². The highest BCUT2D eigenvalue weighted by atomic mass is 14.9. The highest BCUT2D eigenvalue weighted by molar-refractivity contribution is 5.36. The van der Waals surface area contributed by atoms with Crippen LogP contribution in [0, 0.1) is 19.8 Å². The van der Waals surface area contributed by atoms with E-state index in [9.17, 15) is 0 Å². The molecular formula is C20H25N. The fourth-order valence-electron chi connectivity index (χ4n) is 3.46. The van der Waals surface area contributed by atoms with Gasteiger partial charge in [-0.05, 0) is 56.8 Å². The molecule has 0 saturated carbocycles. The largest absolute Gasteiger partial charge is 0.317 e. The van der Waals surface area contributed by atoms with E-state index in [4.69, 9.17) is 0 Å². The number of aryl methyl sites for hydroxylation is 2. The molecule has 1 N–H and O–H groups in total. The summed E-state index contributed by atoms with van der Waals surface area (Å²) in [5.41, 5.74) is 5.62. The Bertz CT molecular complexity index is 516. The predicted octanol–water partition coefficient (Wildman–Crippen LogP) is 4.43. The molecule has 0 spiro atoms. The lowest BCUT2D eigenvalue weighted by Crippen LogP contribution is -2.31. The Kier molecular flexibility index (Phi) is 4.40. The Hall–Kier alpha value is -1.60. The zero-order valence-electron chi connectivity index (χ0n) is 13.1. The molecule has 0 bridgehead atoms. The van der Waals surface area contributed by atoms with E-state index >= 15 is 0 Å². The van der Waals surface area contributed by atoms with E-state index in [1.807, 2.05) is 0 Å². The van der Waals surface area contributed by atoms with Gasteiger partial charge in [0.1, 0.15) is 0 Å². The van der Waals surface area contributed by atoms with Crippen LogP contribution in [0.2, 0.25) is 0 Å². The number of piperidine rings is 1. The van der Waals surface area contributed by atoms with Gasteiger partial charge in [0.15, 0.2) is 0 Å². The van der Waals surface area contributed by atoms with Crippen molar-refractivity contribution in [2.75, 3.05) is 13.1 Å². The normalized spacial score (nSPS) is 16.3. The molecule has 1 saturated heterocycles. The summed E-state index contributed by atoms with van der Waals surface area (Å²) in [7, 11) is 0. The Balaban J connectivity index is 1.97. The lowest BCUT2D eigenvalue weighted by molar-refractivity contribution is 0.342. The van der Waals surface area contributed by atoms with Crippen molar-refractivity contribution >= 4 is 0 Å². The van der Waals surface area contributed by atoms with E-state index in [-0.39, 0.29) is 0 Å². The Morgan fingerprint density at radius 3 is 1.62 bits per heavy atom. The fourth-order valence-corrected chi connectivity index (χ4v) is 3.46. The van der Waals surface area contributed by atoms with Crippen LogP contribution in [0.3, 0.4) is 0 Å². The van der Waals surface area contributed by atoms with Gasteiger partial charge in [-0.15, -0.1) is 0 Å². The molecular weight excluding hydrogens is 254 g/mol. The van der Waals surface area contributed by atoms with Gasteiger partial charge in [-0.25, -0.2) is 0 Å². The number of benzene rings is 2. The van der Waals surface area contributed by atoms with Gasteiger partial charge < -0.3 is 5.32 Å². The van der Waals surface area contributed by atoms with Crippen molar-refractivity contribution in [2.24, 2.45) is 5.92 Å². The molecule has 1 heterocycles. The Morgan fingerprint density at radius 1 is 0.762 bits per heavy atom. The molecule has 21 heavy (non-hydrogen) atoms. The van der Waals surface area contributed by atoms with Crippen molar-refractivity contribution in [2.45, 2.75) is 32.6 Å². The van der Waals surface area contributed by atoms with Gasteiger partial charge >= 0.3 is 0 Å². The molecule has 1 fully saturated rings. The summed E-state index contributed by atoms with van der Waals surface area (Å²) in [4.78, 5) is 0. The minimum atomic E-state index is 0.535. The van der Waals surface area contributed by atoms with Crippen LogP contribution in [0.25, 0.3) is 0 Å². The second-order valence-corrected chi connectivity index (χ2v) is 6.39. The van der Waals surface area contributed by atoms with E-state index in [0.29, 0.717) is 5.92 Å². The molecule has 0 atom stereocenters. The van der Waals surface area contributed by atoms with Gasteiger partial charge in [0.05, 0.1) is 0 Å². The first-order valence-corrected chi connectivity index (χ1v) is 8.08. The van der Waals surface area contributed by atoms with E-state index in [1.54, 1.807) is 0 Å². The highest BCUT2D eigenvalue weighted by Crippen LogP contribution is 2.37. The topological polar surface area (TPSA) is 12.0 Å². The third kappa shape index (κ3) is 3.36. The summed E-state index contributed by atoms with van der Waals surface area (Å²) < 4.78 is 0. The van der Waals surface area contributed by atoms with Crippen LogP contribution in [0.5, 0.6) is 0 Å². The van der Waals surface area contributed by atoms with Gasteiger partial charge in [-0.1, -0.05) is 59.7 Å². The molecule has 0 radical (unpaired) electrons. The zero-order valence-corrected chi connectivity index (χ0v) is 13.1. The average Bonchev–Trinajstić information content (AvgIpc) is 2.52. The standard InChI is InChI=1S/C20H25N/c1-15-3-7-17(8-4-15)20(19-11-13-21-14-12-19)18-9-5-16(2)6-10-18/h3-10,19-21H,11-14H2,1-2H3. The van der Waals surface area contributed by atoms with Crippen molar-refractivity contribution in [3.8, 4) is 0 Å². The zero-order chi connectivity index (χ0) is 14.7. The monoisotopic (exact) mass is 279 g/mol. The molecule has 0 unspecified atom stereocenters. The summed E-state index contributed by atoms with van der Waals surface area (Å²) >= 11 is 0. The maximum atomic E-state index is 3.49. The molecule has 1 aliphatic rings. The van der Waals surface area contributed by atoms with Gasteiger partial charge in [-0.2, -0.15) is 0 Å². The van der Waals surface area contributed by atoms with Crippen LogP contribution in [-0.4, -0.2) is 13.1 Å². The Morgan fingerprint density at radius 2 is 1.19 bits per heavy atom. The SMILES string of the molecule is Cc1ccc(C(c2ccc(C)cc2)C2CCNCC2)cc1. The molecule has 2 aromatic carbocycles. The minimum absolute atomic E-state index is 0.535. The number of nitrogens with one attached hydrogen (secondary N) is 1. The van der Waals surface area contributed by atoms with E-state index in [0.717, 1.165) is 19.0 Å². The molecule has 3 rings (SSSR count). The molecule has 1 heteroatoms. The molecule has 0 amide bonds. The third-order valence-electron chi connectivity index (χ3n) is 4.73. The Labute approximate surface area is 128 Å². The summed E-state index contributed by atoms with van der Waals surface area (Å²) in [6, 6.07) is 18.3. The van der Waals surface area contributed by atoms with Gasteiger partial charge in [0.25, 0.3) is 0 Å². The first kappa shape index (κ1) is 14.3. The summed E-state index contributed by atoms with van der Waals surface area (Å²) in [5, 5.41) is 3.49. The second kappa shape index (κ2) is 6.44. The van der Waals surface area contributed by atoms with Crippen molar-refractivity contribution in [3.63, 3.8) is 0 Å². The van der Waals surface area contributed by atoms with Crippen molar-refractivity contribution in [1.82, 2.24) is 5.32 Å². The molecule has 110 valence electrons.